The van der Waals surface area contributed by atoms with Gasteiger partial charge in [0.1, 0.15) is 5.92 Å². The predicted octanol–water partition coefficient (Wildman–Crippen LogP) is 6.07. The van der Waals surface area contributed by atoms with E-state index >= 15 is 0 Å². The fourth-order valence-corrected chi connectivity index (χ4v) is 3.21. The fraction of sp³-hybridized carbons (Fsp3) is 0.458. The second-order valence-electron chi connectivity index (χ2n) is 6.88. The number of carbonyl (C=O) groups is 1. The third-order valence-corrected chi connectivity index (χ3v) is 4.79. The van der Waals surface area contributed by atoms with Crippen LogP contribution in [0.1, 0.15) is 74.6 Å². The Bertz CT molecular complexity index is 604. The number of aryl methyl sites for hydroxylation is 2. The molecule has 0 amide bonds. The number of benzene rings is 2. The third kappa shape index (κ3) is 5.72. The van der Waals surface area contributed by atoms with Crippen molar-refractivity contribution in [3.8, 4) is 0 Å². The Hall–Kier alpha value is -2.09. The highest BCUT2D eigenvalue weighted by molar-refractivity contribution is 5.82. The van der Waals surface area contributed by atoms with Gasteiger partial charge in [0.15, 0.2) is 0 Å². The molecule has 140 valence electrons. The largest absolute Gasteiger partial charge is 0.465 e. The van der Waals surface area contributed by atoms with E-state index < -0.39 is 0 Å². The van der Waals surface area contributed by atoms with Gasteiger partial charge in [-0.25, -0.2) is 0 Å². The first kappa shape index (κ1) is 20.2. The zero-order chi connectivity index (χ0) is 18.8. The van der Waals surface area contributed by atoms with Crippen molar-refractivity contribution >= 4 is 5.97 Å². The Morgan fingerprint density at radius 2 is 1.19 bits per heavy atom. The minimum absolute atomic E-state index is 0.171. The van der Waals surface area contributed by atoms with Crippen molar-refractivity contribution in [1.82, 2.24) is 0 Å². The second kappa shape index (κ2) is 10.8. The van der Waals surface area contributed by atoms with Crippen LogP contribution in [0.3, 0.4) is 0 Å². The van der Waals surface area contributed by atoms with Gasteiger partial charge in [0.05, 0.1) is 6.61 Å². The first-order valence-corrected chi connectivity index (χ1v) is 10.0. The minimum Gasteiger partial charge on any atom is -0.465 e. The van der Waals surface area contributed by atoms with E-state index in [1.165, 1.54) is 36.8 Å². The average Bonchev–Trinajstić information content (AvgIpc) is 2.67. The van der Waals surface area contributed by atoms with Crippen LogP contribution in [0, 0.1) is 0 Å². The van der Waals surface area contributed by atoms with Gasteiger partial charge < -0.3 is 4.74 Å². The third-order valence-electron chi connectivity index (χ3n) is 4.79. The number of unbranched alkanes of at least 4 members (excludes halogenated alkanes) is 2. The maximum absolute atomic E-state index is 12.6. The first-order chi connectivity index (χ1) is 12.7. The van der Waals surface area contributed by atoms with Crippen LogP contribution in [0.2, 0.25) is 0 Å². The number of esters is 1. The van der Waals surface area contributed by atoms with Gasteiger partial charge in [-0.05, 0) is 54.9 Å². The van der Waals surface area contributed by atoms with Crippen molar-refractivity contribution in [2.75, 3.05) is 6.61 Å². The van der Waals surface area contributed by atoms with Gasteiger partial charge in [0, 0.05) is 0 Å². The topological polar surface area (TPSA) is 26.3 Å². The van der Waals surface area contributed by atoms with E-state index in [4.69, 9.17) is 4.74 Å². The van der Waals surface area contributed by atoms with Gasteiger partial charge in [-0.2, -0.15) is 0 Å². The van der Waals surface area contributed by atoms with E-state index in [1.807, 2.05) is 6.92 Å². The number of hydrogen-bond acceptors (Lipinski definition) is 2. The second-order valence-corrected chi connectivity index (χ2v) is 6.88. The monoisotopic (exact) mass is 352 g/mol. The predicted molar refractivity (Wildman–Crippen MR) is 109 cm³/mol. The molecule has 0 aromatic heterocycles. The fourth-order valence-electron chi connectivity index (χ4n) is 3.21. The highest BCUT2D eigenvalue weighted by Gasteiger charge is 2.24. The van der Waals surface area contributed by atoms with Crippen LogP contribution in [0.25, 0.3) is 0 Å². The molecule has 0 atom stereocenters. The number of rotatable bonds is 10. The smallest absolute Gasteiger partial charge is 0.317 e. The molecule has 0 N–H and O–H groups in total. The molecular weight excluding hydrogens is 320 g/mol. The maximum atomic E-state index is 12.6. The number of ether oxygens (including phenoxy) is 1. The van der Waals surface area contributed by atoms with Gasteiger partial charge >= 0.3 is 5.97 Å². The summed E-state index contributed by atoms with van der Waals surface area (Å²) >= 11 is 0. The molecule has 0 saturated carbocycles. The van der Waals surface area contributed by atoms with Crippen molar-refractivity contribution in [2.45, 2.75) is 65.2 Å². The summed E-state index contributed by atoms with van der Waals surface area (Å²) in [5.41, 5.74) is 4.66. The number of hydrogen-bond donors (Lipinski definition) is 0. The van der Waals surface area contributed by atoms with Crippen LogP contribution < -0.4 is 0 Å². The summed E-state index contributed by atoms with van der Waals surface area (Å²) in [5.74, 6) is -0.523. The summed E-state index contributed by atoms with van der Waals surface area (Å²) < 4.78 is 5.36. The van der Waals surface area contributed by atoms with Gasteiger partial charge in [-0.3, -0.25) is 4.79 Å². The molecule has 26 heavy (non-hydrogen) atoms. The molecular formula is C24H32O2. The van der Waals surface area contributed by atoms with Crippen LogP contribution >= 0.6 is 0 Å². The Morgan fingerprint density at radius 1 is 0.769 bits per heavy atom. The summed E-state index contributed by atoms with van der Waals surface area (Å²) in [6, 6.07) is 16.9. The molecule has 0 aliphatic heterocycles. The molecule has 0 aliphatic rings. The minimum atomic E-state index is -0.351. The lowest BCUT2D eigenvalue weighted by molar-refractivity contribution is -0.143. The van der Waals surface area contributed by atoms with Crippen molar-refractivity contribution in [2.24, 2.45) is 0 Å². The molecule has 0 fully saturated rings. The zero-order valence-electron chi connectivity index (χ0n) is 16.5. The van der Waals surface area contributed by atoms with Crippen LogP contribution in [0.5, 0.6) is 0 Å². The number of carbonyl (C=O) groups excluding carboxylic acids is 1. The Balaban J connectivity index is 2.24. The molecule has 2 nitrogen and oxygen atoms in total. The van der Waals surface area contributed by atoms with E-state index in [9.17, 15) is 4.79 Å². The van der Waals surface area contributed by atoms with E-state index in [0.717, 1.165) is 24.0 Å². The van der Waals surface area contributed by atoms with Gasteiger partial charge in [0.2, 0.25) is 0 Å². The normalized spacial score (nSPS) is 10.9. The van der Waals surface area contributed by atoms with Crippen LogP contribution in [0.15, 0.2) is 48.5 Å². The molecule has 2 aromatic rings. The summed E-state index contributed by atoms with van der Waals surface area (Å²) in [6.07, 6.45) is 6.95. The molecule has 0 aliphatic carbocycles. The summed E-state index contributed by atoms with van der Waals surface area (Å²) in [6.45, 7) is 6.67. The van der Waals surface area contributed by atoms with Crippen molar-refractivity contribution in [3.63, 3.8) is 0 Å². The van der Waals surface area contributed by atoms with E-state index in [1.54, 1.807) is 0 Å². The molecule has 0 bridgehead atoms. The summed E-state index contributed by atoms with van der Waals surface area (Å²) in [7, 11) is 0. The molecule has 0 heterocycles. The Morgan fingerprint density at radius 3 is 1.54 bits per heavy atom. The van der Waals surface area contributed by atoms with Crippen LogP contribution in [-0.2, 0) is 22.4 Å². The molecule has 2 aromatic carbocycles. The Labute approximate surface area is 158 Å². The molecule has 2 rings (SSSR count). The lowest BCUT2D eigenvalue weighted by Crippen LogP contribution is -2.17. The maximum Gasteiger partial charge on any atom is 0.317 e. The zero-order valence-corrected chi connectivity index (χ0v) is 16.5. The van der Waals surface area contributed by atoms with Crippen molar-refractivity contribution in [3.05, 3.63) is 70.8 Å². The average molecular weight is 353 g/mol. The van der Waals surface area contributed by atoms with Gasteiger partial charge in [-0.15, -0.1) is 0 Å². The summed E-state index contributed by atoms with van der Waals surface area (Å²) in [5, 5.41) is 0. The van der Waals surface area contributed by atoms with Gasteiger partial charge in [-0.1, -0.05) is 75.2 Å². The van der Waals surface area contributed by atoms with E-state index in [-0.39, 0.29) is 11.9 Å². The molecule has 0 unspecified atom stereocenters. The quantitative estimate of drug-likeness (QED) is 0.485. The van der Waals surface area contributed by atoms with E-state index in [0.29, 0.717) is 6.61 Å². The van der Waals surface area contributed by atoms with Gasteiger partial charge in [0.25, 0.3) is 0 Å². The molecule has 0 spiro atoms. The highest BCUT2D eigenvalue weighted by atomic mass is 16.5. The lowest BCUT2D eigenvalue weighted by Gasteiger charge is -2.17. The lowest BCUT2D eigenvalue weighted by atomic mass is 9.89. The molecule has 2 heteroatoms. The van der Waals surface area contributed by atoms with Crippen LogP contribution in [0.4, 0.5) is 0 Å². The highest BCUT2D eigenvalue weighted by Crippen LogP contribution is 2.27. The SMILES string of the molecule is CCCCc1ccc(C(C(=O)OCC)c2ccc(CCCC)cc2)cc1. The van der Waals surface area contributed by atoms with Crippen molar-refractivity contribution in [1.29, 1.82) is 0 Å². The molecule has 0 radical (unpaired) electrons. The van der Waals surface area contributed by atoms with Crippen molar-refractivity contribution < 1.29 is 9.53 Å². The standard InChI is InChI=1S/C24H32O2/c1-4-7-9-19-11-15-21(16-12-19)23(24(25)26-6-3)22-17-13-20(14-18-22)10-8-5-2/h11-18,23H,4-10H2,1-3H3. The molecule has 0 saturated heterocycles. The van der Waals surface area contributed by atoms with E-state index in [2.05, 4.69) is 62.4 Å². The Kier molecular flexibility index (Phi) is 8.40. The van der Waals surface area contributed by atoms with Crippen LogP contribution in [-0.4, -0.2) is 12.6 Å². The summed E-state index contributed by atoms with van der Waals surface area (Å²) in [4.78, 5) is 12.6. The first-order valence-electron chi connectivity index (χ1n) is 10.0.